The molecule has 4 aliphatic rings. The maximum absolute atomic E-state index is 14.5. The highest BCUT2D eigenvalue weighted by atomic mass is 79.9. The first-order valence-corrected chi connectivity index (χ1v) is 16.6. The molecule has 6 unspecified atom stereocenters. The number of nitrogens with zero attached hydrogens (tertiary/aromatic N) is 2. The molecule has 242 valence electrons. The first kappa shape index (κ1) is 32.1. The second-order valence-electron chi connectivity index (χ2n) is 12.2. The smallest absolute Gasteiger partial charge is 0.258 e. The zero-order valence-electron chi connectivity index (χ0n) is 24.8. The first-order chi connectivity index (χ1) is 22.2. The number of alkyl halides is 2. The number of allylic oxidation sites excluding steroid dienone is 2. The van der Waals surface area contributed by atoms with Gasteiger partial charge in [0.1, 0.15) is 5.82 Å². The molecule has 3 fully saturated rings. The zero-order valence-corrected chi connectivity index (χ0v) is 28.6. The molecule has 6 atom stereocenters. The maximum Gasteiger partial charge on any atom is 0.258 e. The van der Waals surface area contributed by atoms with Crippen molar-refractivity contribution in [1.29, 1.82) is 0 Å². The Kier molecular flexibility index (Phi) is 7.55. The molecular formula is C34H25BrCl3FN2O6. The van der Waals surface area contributed by atoms with E-state index in [9.17, 15) is 28.7 Å². The van der Waals surface area contributed by atoms with Gasteiger partial charge in [-0.3, -0.25) is 19.2 Å². The summed E-state index contributed by atoms with van der Waals surface area (Å²) in [5.41, 5.74) is 1.75. The normalized spacial score (nSPS) is 29.9. The summed E-state index contributed by atoms with van der Waals surface area (Å²) in [6.07, 6.45) is 1.63. The lowest BCUT2D eigenvalue weighted by Crippen LogP contribution is -2.60. The highest BCUT2D eigenvalue weighted by Gasteiger charge is 2.77. The molecule has 13 heteroatoms. The van der Waals surface area contributed by atoms with Gasteiger partial charge in [0.25, 0.3) is 11.8 Å². The molecule has 2 aliphatic carbocycles. The van der Waals surface area contributed by atoms with Crippen LogP contribution in [0, 0.1) is 30.5 Å². The molecule has 0 spiro atoms. The van der Waals surface area contributed by atoms with Gasteiger partial charge in [0, 0.05) is 21.0 Å². The Morgan fingerprint density at radius 3 is 2.28 bits per heavy atom. The lowest BCUT2D eigenvalue weighted by molar-refractivity contribution is -0.125. The summed E-state index contributed by atoms with van der Waals surface area (Å²) in [5, 5.41) is 11.9. The average Bonchev–Trinajstić information content (AvgIpc) is 3.38. The highest BCUT2D eigenvalue weighted by molar-refractivity contribution is 9.10. The van der Waals surface area contributed by atoms with E-state index in [2.05, 4.69) is 15.9 Å². The first-order valence-electron chi connectivity index (χ1n) is 14.7. The standard InChI is InChI=1S/C34H25BrCl3FN2O6/c1-15-3-6-19(13-24(15)36)40-29(43)21-10-9-20-23(26(21)30(40)44)14-33(37)31(45)41(18-7-4-17(39)5-8-18)32(46)34(33,38)27(20)22-11-16(35)12-25(47-2)28(22)42/h3-9,11-13,21,23,26-27,42H,10,14H2,1-2H3. The number of aryl methyl sites for hydroxylation is 1. The summed E-state index contributed by atoms with van der Waals surface area (Å²) in [5.74, 6) is -7.35. The number of rotatable bonds is 4. The number of phenols is 1. The van der Waals surface area contributed by atoms with Crippen molar-refractivity contribution in [2.45, 2.75) is 35.4 Å². The number of methoxy groups -OCH3 is 1. The largest absolute Gasteiger partial charge is 0.504 e. The fraction of sp³-hybridized carbons (Fsp3) is 0.294. The lowest BCUT2D eigenvalue weighted by Gasteiger charge is -2.50. The summed E-state index contributed by atoms with van der Waals surface area (Å²) >= 11 is 24.6. The monoisotopic (exact) mass is 760 g/mol. The SMILES string of the molecule is COc1cc(Br)cc(C2C3=CCC4C(=O)N(c5ccc(C)c(Cl)c5)C(=O)C4C3CC3(Cl)C(=O)N(c4ccc(F)cc4)C(=O)C23Cl)c1O. The molecule has 3 aromatic carbocycles. The van der Waals surface area contributed by atoms with Gasteiger partial charge in [-0.25, -0.2) is 14.2 Å². The Bertz CT molecular complexity index is 1960. The molecule has 0 aromatic heterocycles. The van der Waals surface area contributed by atoms with Gasteiger partial charge in [0.15, 0.2) is 21.2 Å². The molecule has 0 radical (unpaired) electrons. The van der Waals surface area contributed by atoms with Crippen LogP contribution in [0.3, 0.4) is 0 Å². The second-order valence-corrected chi connectivity index (χ2v) is 14.8. The van der Waals surface area contributed by atoms with E-state index in [1.54, 1.807) is 37.3 Å². The molecule has 1 saturated carbocycles. The number of aromatic hydroxyl groups is 1. The summed E-state index contributed by atoms with van der Waals surface area (Å²) < 4.78 is 19.8. The Morgan fingerprint density at radius 1 is 0.936 bits per heavy atom. The molecule has 2 saturated heterocycles. The maximum atomic E-state index is 14.5. The van der Waals surface area contributed by atoms with E-state index in [-0.39, 0.29) is 35.6 Å². The molecule has 2 heterocycles. The van der Waals surface area contributed by atoms with Gasteiger partial charge >= 0.3 is 0 Å². The van der Waals surface area contributed by atoms with Gasteiger partial charge in [-0.05, 0) is 79.8 Å². The quantitative estimate of drug-likeness (QED) is 0.174. The number of carbonyl (C=O) groups excluding carboxylic acids is 4. The fourth-order valence-corrected chi connectivity index (χ4v) is 9.25. The molecule has 4 amide bonds. The van der Waals surface area contributed by atoms with Gasteiger partial charge in [0.2, 0.25) is 11.8 Å². The highest BCUT2D eigenvalue weighted by Crippen LogP contribution is 2.67. The minimum absolute atomic E-state index is 0.0509. The molecule has 47 heavy (non-hydrogen) atoms. The van der Waals surface area contributed by atoms with E-state index in [1.165, 1.54) is 25.3 Å². The fourth-order valence-electron chi connectivity index (χ4n) is 7.69. The van der Waals surface area contributed by atoms with Gasteiger partial charge < -0.3 is 9.84 Å². The van der Waals surface area contributed by atoms with Crippen molar-refractivity contribution in [1.82, 2.24) is 0 Å². The molecule has 0 bridgehead atoms. The molecule has 7 rings (SSSR count). The van der Waals surface area contributed by atoms with Crippen LogP contribution >= 0.6 is 50.7 Å². The number of imide groups is 2. The van der Waals surface area contributed by atoms with Crippen molar-refractivity contribution in [3.63, 3.8) is 0 Å². The Labute approximate surface area is 292 Å². The van der Waals surface area contributed by atoms with Gasteiger partial charge in [0.05, 0.1) is 30.3 Å². The van der Waals surface area contributed by atoms with Gasteiger partial charge in [-0.15, -0.1) is 23.2 Å². The predicted molar refractivity (Wildman–Crippen MR) is 178 cm³/mol. The number of hydrogen-bond donors (Lipinski definition) is 1. The third kappa shape index (κ3) is 4.37. The van der Waals surface area contributed by atoms with E-state index >= 15 is 0 Å². The second kappa shape index (κ2) is 11.1. The number of fused-ring (bicyclic) bond motifs is 4. The number of benzene rings is 3. The van der Waals surface area contributed by atoms with Crippen LogP contribution in [0.25, 0.3) is 0 Å². The van der Waals surface area contributed by atoms with Crippen molar-refractivity contribution in [2.75, 3.05) is 16.9 Å². The van der Waals surface area contributed by atoms with Crippen molar-refractivity contribution in [2.24, 2.45) is 17.8 Å². The molecule has 2 aliphatic heterocycles. The number of hydrogen-bond acceptors (Lipinski definition) is 6. The van der Waals surface area contributed by atoms with E-state index < -0.39 is 62.9 Å². The molecule has 1 N–H and O–H groups in total. The van der Waals surface area contributed by atoms with Gasteiger partial charge in [-0.1, -0.05) is 45.2 Å². The topological polar surface area (TPSA) is 104 Å². The number of phenolic OH excluding ortho intramolecular Hbond substituents is 1. The van der Waals surface area contributed by atoms with Crippen molar-refractivity contribution < 1.29 is 33.4 Å². The summed E-state index contributed by atoms with van der Waals surface area (Å²) in [7, 11) is 1.36. The minimum atomic E-state index is -2.21. The number of ether oxygens (including phenoxy) is 1. The van der Waals surface area contributed by atoms with Crippen molar-refractivity contribution in [3.8, 4) is 11.5 Å². The van der Waals surface area contributed by atoms with Gasteiger partial charge in [-0.2, -0.15) is 0 Å². The Hall–Kier alpha value is -3.44. The van der Waals surface area contributed by atoms with Crippen LogP contribution in [0.4, 0.5) is 15.8 Å². The average molecular weight is 763 g/mol. The van der Waals surface area contributed by atoms with E-state index in [0.717, 1.165) is 27.5 Å². The van der Waals surface area contributed by atoms with Crippen molar-refractivity contribution in [3.05, 3.63) is 92.7 Å². The minimum Gasteiger partial charge on any atom is -0.504 e. The summed E-state index contributed by atoms with van der Waals surface area (Å²) in [6.45, 7) is 1.80. The van der Waals surface area contributed by atoms with Crippen LogP contribution in [0.1, 0.15) is 29.9 Å². The van der Waals surface area contributed by atoms with Crippen LogP contribution in [0.2, 0.25) is 5.02 Å². The molecule has 8 nitrogen and oxygen atoms in total. The van der Waals surface area contributed by atoms with Crippen LogP contribution in [-0.2, 0) is 19.2 Å². The third-order valence-electron chi connectivity index (χ3n) is 9.91. The molecule has 3 aromatic rings. The lowest BCUT2D eigenvalue weighted by atomic mass is 9.56. The Balaban J connectivity index is 1.43. The number of carbonyl (C=O) groups is 4. The van der Waals surface area contributed by atoms with E-state index in [4.69, 9.17) is 39.5 Å². The van der Waals surface area contributed by atoms with Crippen LogP contribution in [0.5, 0.6) is 11.5 Å². The van der Waals surface area contributed by atoms with E-state index in [1.807, 2.05) is 0 Å². The van der Waals surface area contributed by atoms with Crippen LogP contribution in [0.15, 0.2) is 70.7 Å². The summed E-state index contributed by atoms with van der Waals surface area (Å²) in [4.78, 5) is 54.6. The van der Waals surface area contributed by atoms with Crippen LogP contribution < -0.4 is 14.5 Å². The predicted octanol–water partition coefficient (Wildman–Crippen LogP) is 7.03. The molecular weight excluding hydrogens is 738 g/mol. The van der Waals surface area contributed by atoms with Crippen LogP contribution in [-0.4, -0.2) is 45.6 Å². The number of anilines is 2. The Morgan fingerprint density at radius 2 is 1.62 bits per heavy atom. The zero-order chi connectivity index (χ0) is 33.7. The van der Waals surface area contributed by atoms with Crippen molar-refractivity contribution >= 4 is 85.7 Å². The number of amides is 4. The third-order valence-corrected chi connectivity index (χ3v) is 12.2. The van der Waals surface area contributed by atoms with E-state index in [0.29, 0.717) is 20.8 Å². The number of halogens is 5. The summed E-state index contributed by atoms with van der Waals surface area (Å²) in [6, 6.07) is 12.7.